The fourth-order valence-corrected chi connectivity index (χ4v) is 6.17. The Balaban J connectivity index is 1.44. The van der Waals surface area contributed by atoms with E-state index in [4.69, 9.17) is 5.73 Å². The molecule has 1 aromatic carbocycles. The maximum Gasteiger partial charge on any atom is 0.317 e. The van der Waals surface area contributed by atoms with E-state index in [9.17, 15) is 18.0 Å². The molecular weight excluding hydrogens is 534 g/mol. The van der Waals surface area contributed by atoms with Crippen molar-refractivity contribution >= 4 is 39.5 Å². The number of nitrogens with two attached hydrogens (primary N) is 1. The lowest BCUT2D eigenvalue weighted by Gasteiger charge is -2.34. The highest BCUT2D eigenvalue weighted by molar-refractivity contribution is 7.86. The second kappa shape index (κ2) is 12.4. The predicted octanol–water partition coefficient (Wildman–Crippen LogP) is 1.54. The summed E-state index contributed by atoms with van der Waals surface area (Å²) in [5, 5.41) is 6.21. The van der Waals surface area contributed by atoms with Crippen molar-refractivity contribution in [1.82, 2.24) is 28.8 Å². The zero-order chi connectivity index (χ0) is 29.0. The van der Waals surface area contributed by atoms with Gasteiger partial charge in [-0.1, -0.05) is 12.1 Å². The number of amides is 3. The van der Waals surface area contributed by atoms with E-state index < -0.39 is 16.1 Å². The third-order valence-corrected chi connectivity index (χ3v) is 9.30. The molecule has 2 aliphatic heterocycles. The van der Waals surface area contributed by atoms with Crippen molar-refractivity contribution in [2.24, 2.45) is 5.73 Å². The van der Waals surface area contributed by atoms with Crippen molar-refractivity contribution < 1.29 is 18.0 Å². The topological polar surface area (TPSA) is 157 Å². The lowest BCUT2D eigenvalue weighted by atomic mass is 9.90. The van der Waals surface area contributed by atoms with Gasteiger partial charge in [0.2, 0.25) is 0 Å². The van der Waals surface area contributed by atoms with Gasteiger partial charge in [0.25, 0.3) is 16.1 Å². The Labute approximate surface area is 235 Å². The first kappa shape index (κ1) is 29.5. The molecule has 2 aliphatic rings. The molecule has 2 aromatic rings. The highest BCUT2D eigenvalue weighted by atomic mass is 32.2. The van der Waals surface area contributed by atoms with Gasteiger partial charge in [-0.15, -0.1) is 0 Å². The molecule has 2 fully saturated rings. The van der Waals surface area contributed by atoms with Crippen molar-refractivity contribution in [3.8, 4) is 0 Å². The lowest BCUT2D eigenvalue weighted by molar-refractivity contribution is 0.0996. The zero-order valence-corrected chi connectivity index (χ0v) is 24.3. The summed E-state index contributed by atoms with van der Waals surface area (Å²) in [5.74, 6) is 0.422. The molecule has 1 aromatic heterocycles. The second-order valence-corrected chi connectivity index (χ2v) is 12.8. The van der Waals surface area contributed by atoms with E-state index in [-0.39, 0.29) is 29.5 Å². The average Bonchev–Trinajstić information content (AvgIpc) is 2.93. The lowest BCUT2D eigenvalue weighted by Crippen LogP contribution is -2.50. The molecule has 13 nitrogen and oxygen atoms in total. The third kappa shape index (κ3) is 6.80. The van der Waals surface area contributed by atoms with Gasteiger partial charge in [0.05, 0.1) is 6.20 Å². The van der Waals surface area contributed by atoms with Crippen molar-refractivity contribution in [2.75, 3.05) is 64.6 Å². The van der Waals surface area contributed by atoms with Crippen LogP contribution >= 0.6 is 0 Å². The van der Waals surface area contributed by atoms with Crippen LogP contribution in [0, 0.1) is 0 Å². The number of aromatic nitrogens is 2. The van der Waals surface area contributed by atoms with Crippen molar-refractivity contribution in [1.29, 1.82) is 0 Å². The van der Waals surface area contributed by atoms with Gasteiger partial charge in [0.1, 0.15) is 5.82 Å². The molecule has 0 unspecified atom stereocenters. The van der Waals surface area contributed by atoms with E-state index in [0.29, 0.717) is 25.5 Å². The van der Waals surface area contributed by atoms with E-state index in [1.165, 1.54) is 19.7 Å². The number of primary amides is 1. The summed E-state index contributed by atoms with van der Waals surface area (Å²) in [6, 6.07) is 7.66. The van der Waals surface area contributed by atoms with Crippen LogP contribution < -0.4 is 21.3 Å². The molecule has 1 atom stereocenters. The quantitative estimate of drug-likeness (QED) is 0.429. The Morgan fingerprint density at radius 3 is 2.30 bits per heavy atom. The minimum absolute atomic E-state index is 0.0277. The van der Waals surface area contributed by atoms with Gasteiger partial charge in [0, 0.05) is 66.1 Å². The van der Waals surface area contributed by atoms with Gasteiger partial charge in [-0.05, 0) is 49.3 Å². The molecule has 4 N–H and O–H groups in total. The molecule has 40 heavy (non-hydrogen) atoms. The Morgan fingerprint density at radius 2 is 1.70 bits per heavy atom. The van der Waals surface area contributed by atoms with E-state index >= 15 is 0 Å². The molecule has 3 amide bonds. The number of nitrogens with zero attached hydrogens (tertiary/aromatic N) is 6. The molecular formula is C26H39N9O4S. The van der Waals surface area contributed by atoms with Gasteiger partial charge < -0.3 is 26.2 Å². The molecule has 14 heteroatoms. The van der Waals surface area contributed by atoms with Gasteiger partial charge in [0.15, 0.2) is 11.5 Å². The predicted molar refractivity (Wildman–Crippen MR) is 154 cm³/mol. The van der Waals surface area contributed by atoms with Crippen LogP contribution in [0.15, 0.2) is 30.5 Å². The standard InChI is InChI=1S/C26H39N9O4S/c1-32(2)26(37)30-21-6-5-13-34(17-21)22-16-28-23(24(27)36)25(31-22)29-20-9-7-18(8-10-20)19-11-14-35(15-12-19)40(38,39)33(3)4/h7-10,16,19,21H,5-6,11-15,17H2,1-4H3,(H2,27,36)(H,29,31)(H,30,37)/t21-/m1/s1. The SMILES string of the molecule is CN(C)C(=O)N[C@@H]1CCCN(c2cnc(C(N)=O)c(Nc3ccc(C4CCN(S(=O)(=O)N(C)C)CC4)cc3)n2)C1. The number of carbonyl (C=O) groups is 2. The van der Waals surface area contributed by atoms with E-state index in [0.717, 1.165) is 43.5 Å². The van der Waals surface area contributed by atoms with Crippen LogP contribution in [0.5, 0.6) is 0 Å². The average molecular weight is 574 g/mol. The largest absolute Gasteiger partial charge is 0.364 e. The Morgan fingerprint density at radius 1 is 1.02 bits per heavy atom. The molecule has 4 rings (SSSR count). The van der Waals surface area contributed by atoms with Gasteiger partial charge in [-0.25, -0.2) is 14.8 Å². The minimum atomic E-state index is -3.40. The summed E-state index contributed by atoms with van der Waals surface area (Å²) in [5.41, 5.74) is 7.47. The number of anilines is 3. The van der Waals surface area contributed by atoms with Crippen LogP contribution in [0.4, 0.5) is 22.1 Å². The maximum atomic E-state index is 12.4. The molecule has 0 radical (unpaired) electrons. The van der Waals surface area contributed by atoms with Crippen LogP contribution in [0.3, 0.4) is 0 Å². The molecule has 218 valence electrons. The number of nitrogens with one attached hydrogen (secondary N) is 2. The van der Waals surface area contributed by atoms with Crippen molar-refractivity contribution in [3.05, 3.63) is 41.7 Å². The number of carbonyl (C=O) groups excluding carboxylic acids is 2. The van der Waals surface area contributed by atoms with Crippen molar-refractivity contribution in [3.63, 3.8) is 0 Å². The molecule has 0 bridgehead atoms. The number of hydrogen-bond acceptors (Lipinski definition) is 8. The maximum absolute atomic E-state index is 12.4. The van der Waals surface area contributed by atoms with Gasteiger partial charge >= 0.3 is 6.03 Å². The van der Waals surface area contributed by atoms with E-state index in [2.05, 4.69) is 20.6 Å². The van der Waals surface area contributed by atoms with E-state index in [1.54, 1.807) is 28.2 Å². The second-order valence-electron chi connectivity index (χ2n) is 10.6. The zero-order valence-electron chi connectivity index (χ0n) is 23.5. The van der Waals surface area contributed by atoms with Gasteiger partial charge in [-0.3, -0.25) is 4.79 Å². The smallest absolute Gasteiger partial charge is 0.317 e. The van der Waals surface area contributed by atoms with Crippen LogP contribution in [0.1, 0.15) is 47.7 Å². The summed E-state index contributed by atoms with van der Waals surface area (Å²) >= 11 is 0. The first-order valence-corrected chi connectivity index (χ1v) is 14.8. The highest BCUT2D eigenvalue weighted by Crippen LogP contribution is 2.31. The normalized spacial score (nSPS) is 18.9. The summed E-state index contributed by atoms with van der Waals surface area (Å²) in [6.07, 6.45) is 4.76. The molecule has 0 spiro atoms. The third-order valence-electron chi connectivity index (χ3n) is 7.36. The Hall–Kier alpha value is -3.49. The monoisotopic (exact) mass is 573 g/mol. The van der Waals surface area contributed by atoms with Crippen LogP contribution in [0.2, 0.25) is 0 Å². The fraction of sp³-hybridized carbons (Fsp3) is 0.538. The Kier molecular flexibility index (Phi) is 9.11. The molecule has 0 aliphatic carbocycles. The van der Waals surface area contributed by atoms with Gasteiger partial charge in [-0.2, -0.15) is 17.0 Å². The minimum Gasteiger partial charge on any atom is -0.364 e. The summed E-state index contributed by atoms with van der Waals surface area (Å²) in [7, 11) is 3.10. The van der Waals surface area contributed by atoms with Crippen molar-refractivity contribution in [2.45, 2.75) is 37.6 Å². The first-order chi connectivity index (χ1) is 19.0. The highest BCUT2D eigenvalue weighted by Gasteiger charge is 2.30. The fourth-order valence-electron chi connectivity index (χ4n) is 5.03. The number of benzene rings is 1. The molecule has 3 heterocycles. The number of rotatable bonds is 8. The summed E-state index contributed by atoms with van der Waals surface area (Å²) in [4.78, 5) is 36.7. The summed E-state index contributed by atoms with van der Waals surface area (Å²) in [6.45, 7) is 2.28. The van der Waals surface area contributed by atoms with Crippen LogP contribution in [-0.2, 0) is 10.2 Å². The van der Waals surface area contributed by atoms with Crippen LogP contribution in [-0.4, -0.2) is 104 Å². The Bertz CT molecular complexity index is 1310. The number of urea groups is 1. The van der Waals surface area contributed by atoms with E-state index in [1.807, 2.05) is 29.2 Å². The van der Waals surface area contributed by atoms with Crippen LogP contribution in [0.25, 0.3) is 0 Å². The molecule has 0 saturated carbocycles. The summed E-state index contributed by atoms with van der Waals surface area (Å²) < 4.78 is 27.6. The number of piperidine rings is 2. The molecule has 2 saturated heterocycles. The first-order valence-electron chi connectivity index (χ1n) is 13.4. The number of hydrogen-bond donors (Lipinski definition) is 3.